The number of carbonyl (C=O) groups is 1. The summed E-state index contributed by atoms with van der Waals surface area (Å²) < 4.78 is 32.6. The molecule has 0 heterocycles. The number of carbonyl (C=O) groups excluding carboxylic acids is 1. The first-order valence-corrected chi connectivity index (χ1v) is 10.1. The minimum absolute atomic E-state index is 0.158. The molecule has 3 rings (SSSR count). The molecule has 0 saturated heterocycles. The molecule has 0 saturated carbocycles. The molecule has 144 valence electrons. The van der Waals surface area contributed by atoms with Crippen LogP contribution in [0.1, 0.15) is 5.56 Å². The lowest BCUT2D eigenvalue weighted by Gasteiger charge is -2.10. The predicted octanol–water partition coefficient (Wildman–Crippen LogP) is 3.70. The number of aryl methyl sites for hydroxylation is 1. The normalized spacial score (nSPS) is 11.0. The zero-order chi connectivity index (χ0) is 20.0. The first-order valence-electron chi connectivity index (χ1n) is 8.62. The number of anilines is 1. The summed E-state index contributed by atoms with van der Waals surface area (Å²) in [6.07, 6.45) is 0. The zero-order valence-electron chi connectivity index (χ0n) is 15.3. The fourth-order valence-corrected chi connectivity index (χ4v) is 3.76. The van der Waals surface area contributed by atoms with Gasteiger partial charge in [-0.15, -0.1) is 0 Å². The van der Waals surface area contributed by atoms with Crippen LogP contribution in [0.4, 0.5) is 5.69 Å². The molecule has 3 aromatic rings. The predicted molar refractivity (Wildman–Crippen MR) is 108 cm³/mol. The Morgan fingerprint density at radius 3 is 2.14 bits per heavy atom. The summed E-state index contributed by atoms with van der Waals surface area (Å²) in [7, 11) is -3.75. The average Bonchev–Trinajstić information content (AvgIpc) is 2.69. The van der Waals surface area contributed by atoms with E-state index in [1.807, 2.05) is 30.3 Å². The highest BCUT2D eigenvalue weighted by atomic mass is 32.2. The summed E-state index contributed by atoms with van der Waals surface area (Å²) in [6, 6.07) is 22.8. The van der Waals surface area contributed by atoms with E-state index in [1.165, 1.54) is 6.07 Å². The van der Waals surface area contributed by atoms with Crippen molar-refractivity contribution in [3.8, 4) is 11.5 Å². The van der Waals surface area contributed by atoms with E-state index in [0.717, 1.165) is 0 Å². The number of sulfonamides is 1. The zero-order valence-corrected chi connectivity index (χ0v) is 16.1. The van der Waals surface area contributed by atoms with Crippen molar-refractivity contribution in [1.82, 2.24) is 4.72 Å². The molecular weight excluding hydrogens is 376 g/mol. The molecule has 0 radical (unpaired) electrons. The molecule has 0 aliphatic carbocycles. The molecule has 3 aromatic carbocycles. The van der Waals surface area contributed by atoms with Gasteiger partial charge in [-0.2, -0.15) is 0 Å². The van der Waals surface area contributed by atoms with Crippen LogP contribution < -0.4 is 14.8 Å². The molecule has 0 spiro atoms. The van der Waals surface area contributed by atoms with Gasteiger partial charge >= 0.3 is 0 Å². The SMILES string of the molecule is Cc1ccccc1S(=O)(=O)NCC(=O)Nc1ccc(Oc2ccccc2)cc1. The summed E-state index contributed by atoms with van der Waals surface area (Å²) >= 11 is 0. The summed E-state index contributed by atoms with van der Waals surface area (Å²) in [4.78, 5) is 12.2. The van der Waals surface area contributed by atoms with Crippen molar-refractivity contribution in [1.29, 1.82) is 0 Å². The highest BCUT2D eigenvalue weighted by molar-refractivity contribution is 7.89. The van der Waals surface area contributed by atoms with Gasteiger partial charge < -0.3 is 10.1 Å². The van der Waals surface area contributed by atoms with Crippen molar-refractivity contribution in [3.05, 3.63) is 84.4 Å². The molecule has 0 unspecified atom stereocenters. The number of nitrogens with one attached hydrogen (secondary N) is 2. The lowest BCUT2D eigenvalue weighted by Crippen LogP contribution is -2.33. The molecule has 0 aliphatic rings. The van der Waals surface area contributed by atoms with Gasteiger partial charge in [0.25, 0.3) is 0 Å². The van der Waals surface area contributed by atoms with Gasteiger partial charge in [-0.3, -0.25) is 4.79 Å². The fourth-order valence-electron chi connectivity index (χ4n) is 2.53. The Bertz CT molecular complexity index is 1050. The second kappa shape index (κ2) is 8.69. The van der Waals surface area contributed by atoms with Crippen molar-refractivity contribution in [2.24, 2.45) is 0 Å². The lowest BCUT2D eigenvalue weighted by atomic mass is 10.2. The van der Waals surface area contributed by atoms with Crippen molar-refractivity contribution in [3.63, 3.8) is 0 Å². The quantitative estimate of drug-likeness (QED) is 0.638. The first-order chi connectivity index (χ1) is 13.4. The Morgan fingerprint density at radius 1 is 0.857 bits per heavy atom. The van der Waals surface area contributed by atoms with Crippen LogP contribution in [0, 0.1) is 6.92 Å². The molecule has 0 aromatic heterocycles. The van der Waals surface area contributed by atoms with Crippen molar-refractivity contribution < 1.29 is 17.9 Å². The van der Waals surface area contributed by atoms with Crippen LogP contribution >= 0.6 is 0 Å². The van der Waals surface area contributed by atoms with Gasteiger partial charge in [0.2, 0.25) is 15.9 Å². The minimum atomic E-state index is -3.75. The Kier molecular flexibility index (Phi) is 6.08. The molecule has 28 heavy (non-hydrogen) atoms. The van der Waals surface area contributed by atoms with E-state index in [9.17, 15) is 13.2 Å². The third kappa shape index (κ3) is 5.18. The number of ether oxygens (including phenoxy) is 1. The van der Waals surface area contributed by atoms with Crippen LogP contribution in [0.25, 0.3) is 0 Å². The van der Waals surface area contributed by atoms with E-state index in [1.54, 1.807) is 49.4 Å². The standard InChI is InChI=1S/C21H20N2O4S/c1-16-7-5-6-10-20(16)28(25,26)22-15-21(24)23-17-11-13-19(14-12-17)27-18-8-3-2-4-9-18/h2-14,22H,15H2,1H3,(H,23,24). The van der Waals surface area contributed by atoms with Gasteiger partial charge in [-0.05, 0) is 55.0 Å². The van der Waals surface area contributed by atoms with Gasteiger partial charge in [-0.1, -0.05) is 36.4 Å². The van der Waals surface area contributed by atoms with E-state index >= 15 is 0 Å². The van der Waals surface area contributed by atoms with E-state index in [0.29, 0.717) is 22.7 Å². The Balaban J connectivity index is 1.55. The number of amides is 1. The molecule has 1 amide bonds. The van der Waals surface area contributed by atoms with Crippen LogP contribution in [-0.4, -0.2) is 20.9 Å². The minimum Gasteiger partial charge on any atom is -0.457 e. The van der Waals surface area contributed by atoms with Crippen LogP contribution in [-0.2, 0) is 14.8 Å². The third-order valence-electron chi connectivity index (χ3n) is 3.92. The Labute approximate surface area is 164 Å². The highest BCUT2D eigenvalue weighted by Crippen LogP contribution is 2.22. The van der Waals surface area contributed by atoms with Gasteiger partial charge in [0, 0.05) is 5.69 Å². The molecule has 0 fully saturated rings. The summed E-state index contributed by atoms with van der Waals surface area (Å²) in [5, 5.41) is 2.65. The second-order valence-electron chi connectivity index (χ2n) is 6.08. The smallest absolute Gasteiger partial charge is 0.241 e. The van der Waals surface area contributed by atoms with Gasteiger partial charge in [0.15, 0.2) is 0 Å². The number of hydrogen-bond donors (Lipinski definition) is 2. The number of rotatable bonds is 7. The summed E-state index contributed by atoms with van der Waals surface area (Å²) in [5.41, 5.74) is 1.16. The molecule has 2 N–H and O–H groups in total. The van der Waals surface area contributed by atoms with Gasteiger partial charge in [0.05, 0.1) is 11.4 Å². The Morgan fingerprint density at radius 2 is 1.46 bits per heavy atom. The van der Waals surface area contributed by atoms with Crippen molar-refractivity contribution in [2.45, 2.75) is 11.8 Å². The monoisotopic (exact) mass is 396 g/mol. The van der Waals surface area contributed by atoms with Crippen molar-refractivity contribution >= 4 is 21.6 Å². The van der Waals surface area contributed by atoms with Gasteiger partial charge in [-0.25, -0.2) is 13.1 Å². The summed E-state index contributed by atoms with van der Waals surface area (Å²) in [6.45, 7) is 1.34. The number of para-hydroxylation sites is 1. The van der Waals surface area contributed by atoms with Crippen LogP contribution in [0.5, 0.6) is 11.5 Å². The van der Waals surface area contributed by atoms with Crippen LogP contribution in [0.2, 0.25) is 0 Å². The second-order valence-corrected chi connectivity index (χ2v) is 7.81. The number of benzene rings is 3. The average molecular weight is 396 g/mol. The maximum Gasteiger partial charge on any atom is 0.241 e. The lowest BCUT2D eigenvalue weighted by molar-refractivity contribution is -0.115. The van der Waals surface area contributed by atoms with Gasteiger partial charge in [0.1, 0.15) is 11.5 Å². The first kappa shape index (κ1) is 19.6. The Hall–Kier alpha value is -3.16. The maximum atomic E-state index is 12.3. The van der Waals surface area contributed by atoms with Crippen LogP contribution in [0.15, 0.2) is 83.8 Å². The van der Waals surface area contributed by atoms with Crippen LogP contribution in [0.3, 0.4) is 0 Å². The molecular formula is C21H20N2O4S. The topological polar surface area (TPSA) is 84.5 Å². The third-order valence-corrected chi connectivity index (χ3v) is 5.48. The fraction of sp³-hybridized carbons (Fsp3) is 0.0952. The number of hydrogen-bond acceptors (Lipinski definition) is 4. The van der Waals surface area contributed by atoms with E-state index in [4.69, 9.17) is 4.74 Å². The van der Waals surface area contributed by atoms with Crippen molar-refractivity contribution in [2.75, 3.05) is 11.9 Å². The largest absolute Gasteiger partial charge is 0.457 e. The highest BCUT2D eigenvalue weighted by Gasteiger charge is 2.17. The molecule has 0 aliphatic heterocycles. The summed E-state index contributed by atoms with van der Waals surface area (Å²) in [5.74, 6) is 0.878. The van der Waals surface area contributed by atoms with E-state index in [-0.39, 0.29) is 11.4 Å². The van der Waals surface area contributed by atoms with E-state index in [2.05, 4.69) is 10.0 Å². The molecule has 0 bridgehead atoms. The maximum absolute atomic E-state index is 12.3. The van der Waals surface area contributed by atoms with E-state index < -0.39 is 15.9 Å². The molecule has 0 atom stereocenters. The molecule has 7 heteroatoms. The molecule has 6 nitrogen and oxygen atoms in total.